The molecule has 3 aromatic rings. The largest absolute Gasteiger partial charge is 0.457 e. The molecule has 1 aliphatic carbocycles. The first-order chi connectivity index (χ1) is 26.3. The molecule has 0 saturated heterocycles. The van der Waals surface area contributed by atoms with Crippen LogP contribution in [0.2, 0.25) is 0 Å². The lowest BCUT2D eigenvalue weighted by molar-refractivity contribution is -0.438. The Balaban J connectivity index is 1.43. The highest BCUT2D eigenvalue weighted by molar-refractivity contribution is 7.86. The van der Waals surface area contributed by atoms with Crippen LogP contribution in [0.4, 0.5) is 11.4 Å². The van der Waals surface area contributed by atoms with E-state index in [9.17, 15) is 30.7 Å². The number of benzene rings is 3. The predicted molar refractivity (Wildman–Crippen MR) is 219 cm³/mol. The Hall–Kier alpha value is -4.62. The third-order valence-corrected chi connectivity index (χ3v) is 12.8. The fourth-order valence-corrected chi connectivity index (χ4v) is 8.86. The smallest absolute Gasteiger partial charge is 0.294 e. The second kappa shape index (κ2) is 15.7. The van der Waals surface area contributed by atoms with Crippen molar-refractivity contribution in [3.05, 3.63) is 124 Å². The Morgan fingerprint density at radius 3 is 2.20 bits per heavy atom. The molecule has 0 amide bonds. The maximum atomic E-state index is 12.2. The van der Waals surface area contributed by atoms with Crippen molar-refractivity contribution >= 4 is 43.1 Å². The van der Waals surface area contributed by atoms with Gasteiger partial charge in [0.2, 0.25) is 5.69 Å². The summed E-state index contributed by atoms with van der Waals surface area (Å²) in [5.41, 5.74) is 8.13. The van der Waals surface area contributed by atoms with E-state index in [1.807, 2.05) is 19.9 Å². The number of Topliss-reactive ketones (excluding diaryl/α,β-unsaturated/α-hetero) is 1. The normalized spacial score (nSPS) is 19.1. The topological polar surface area (TPSA) is 150 Å². The fourth-order valence-electron chi connectivity index (χ4n) is 7.87. The predicted octanol–water partition coefficient (Wildman–Crippen LogP) is 9.30. The van der Waals surface area contributed by atoms with Gasteiger partial charge in [-0.2, -0.15) is 21.4 Å². The first kappa shape index (κ1) is 41.0. The zero-order valence-electron chi connectivity index (χ0n) is 32.8. The van der Waals surface area contributed by atoms with Gasteiger partial charge in [-0.05, 0) is 131 Å². The van der Waals surface area contributed by atoms with Gasteiger partial charge in [0.25, 0.3) is 20.2 Å². The van der Waals surface area contributed by atoms with Crippen LogP contribution in [-0.2, 0) is 35.9 Å². The average molecular weight is 800 g/mol. The molecule has 0 spiro atoms. The first-order valence-corrected chi connectivity index (χ1v) is 21.9. The number of rotatable bonds is 13. The molecule has 6 rings (SSSR count). The Kier molecular flexibility index (Phi) is 11.5. The molecule has 0 unspecified atom stereocenters. The van der Waals surface area contributed by atoms with Gasteiger partial charge in [0, 0.05) is 47.3 Å². The minimum atomic E-state index is -4.43. The van der Waals surface area contributed by atoms with Crippen LogP contribution >= 0.6 is 0 Å². The van der Waals surface area contributed by atoms with E-state index in [4.69, 9.17) is 4.74 Å². The number of ether oxygens (including phenoxy) is 1. The number of hydrogen-bond donors (Lipinski definition) is 3. The van der Waals surface area contributed by atoms with E-state index in [-0.39, 0.29) is 21.0 Å². The molecule has 0 aromatic heterocycles. The lowest BCUT2D eigenvalue weighted by Crippen LogP contribution is -2.28. The zero-order chi connectivity index (χ0) is 40.6. The number of carbonyl (C=O) groups is 1. The van der Waals surface area contributed by atoms with Gasteiger partial charge in [-0.1, -0.05) is 37.6 Å². The molecule has 0 radical (unpaired) electrons. The molecule has 0 bridgehead atoms. The second-order valence-electron chi connectivity index (χ2n) is 16.0. The number of nitrogens with zero attached hydrogens (tertiary/aromatic N) is 1. The third kappa shape index (κ3) is 8.68. The number of nitrogens with one attached hydrogen (secondary N) is 1. The quantitative estimate of drug-likeness (QED) is 0.0874. The van der Waals surface area contributed by atoms with E-state index in [1.54, 1.807) is 19.1 Å². The molecule has 3 aliphatic rings. The molecule has 3 N–H and O–H groups in total. The van der Waals surface area contributed by atoms with E-state index in [2.05, 4.69) is 67.1 Å². The lowest BCUT2D eigenvalue weighted by Gasteiger charge is -2.23. The summed E-state index contributed by atoms with van der Waals surface area (Å²) in [6.45, 7) is 12.8. The Labute approximate surface area is 330 Å². The van der Waals surface area contributed by atoms with Crippen LogP contribution in [0, 0.1) is 6.92 Å². The molecule has 2 heterocycles. The van der Waals surface area contributed by atoms with Gasteiger partial charge in [-0.15, -0.1) is 0 Å². The van der Waals surface area contributed by atoms with Crippen molar-refractivity contribution in [2.75, 3.05) is 11.9 Å². The van der Waals surface area contributed by atoms with Crippen molar-refractivity contribution in [2.24, 2.45) is 0 Å². The average Bonchev–Trinajstić information content (AvgIpc) is 3.49. The van der Waals surface area contributed by atoms with Crippen LogP contribution in [0.1, 0.15) is 96.3 Å². The minimum absolute atomic E-state index is 0.159. The molecule has 296 valence electrons. The van der Waals surface area contributed by atoms with Crippen LogP contribution < -0.4 is 10.1 Å². The van der Waals surface area contributed by atoms with E-state index in [1.165, 1.54) is 41.5 Å². The fraction of sp³-hybridized carbons (Fsp3) is 0.364. The molecule has 0 saturated carbocycles. The van der Waals surface area contributed by atoms with Crippen molar-refractivity contribution in [3.8, 4) is 5.75 Å². The van der Waals surface area contributed by atoms with Crippen molar-refractivity contribution < 1.29 is 40.0 Å². The first-order valence-electron chi connectivity index (χ1n) is 19.0. The van der Waals surface area contributed by atoms with Crippen LogP contribution in [0.15, 0.2) is 117 Å². The summed E-state index contributed by atoms with van der Waals surface area (Å²) in [6.07, 6.45) is 13.6. The number of anilines is 1. The Bertz CT molecular complexity index is 2450. The summed E-state index contributed by atoms with van der Waals surface area (Å²) in [5.74, 6) is 1.21. The van der Waals surface area contributed by atoms with Gasteiger partial charge in [0.05, 0.1) is 15.2 Å². The summed E-state index contributed by atoms with van der Waals surface area (Å²) >= 11 is 0. The second-order valence-corrected chi connectivity index (χ2v) is 18.8. The summed E-state index contributed by atoms with van der Waals surface area (Å²) < 4.78 is 76.2. The third-order valence-electron chi connectivity index (χ3n) is 11.1. The molecule has 3 aromatic carbocycles. The molecule has 12 heteroatoms. The maximum Gasteiger partial charge on any atom is 0.294 e. The summed E-state index contributed by atoms with van der Waals surface area (Å²) in [6, 6.07) is 16.8. The molecular formula is C44H51N2O8S2+. The van der Waals surface area contributed by atoms with Gasteiger partial charge in [-0.25, -0.2) is 0 Å². The highest BCUT2D eigenvalue weighted by Crippen LogP contribution is 2.45. The molecule has 0 fully saturated rings. The SMILES string of the molecule is CC(=O)CCCCC[N+]1=C(/C=C/C2=C(Oc3ccc(S(=O)(=O)O)cc3)C(=C/C=C3/Nc4ccc(C)cc4C3(C)C)/CCC2)C(C)(C)c2cc(S(=O)(=O)O)ccc21. The van der Waals surface area contributed by atoms with E-state index in [0.29, 0.717) is 30.9 Å². The molecule has 10 nitrogen and oxygen atoms in total. The van der Waals surface area contributed by atoms with Crippen molar-refractivity contribution in [1.82, 2.24) is 0 Å². The van der Waals surface area contributed by atoms with Crippen LogP contribution in [0.3, 0.4) is 0 Å². The van der Waals surface area contributed by atoms with E-state index < -0.39 is 25.7 Å². The lowest BCUT2D eigenvalue weighted by atomic mass is 9.81. The molecule has 0 atom stereocenters. The molecule has 56 heavy (non-hydrogen) atoms. The van der Waals surface area contributed by atoms with Crippen LogP contribution in [0.25, 0.3) is 0 Å². The molecular weight excluding hydrogens is 749 g/mol. The van der Waals surface area contributed by atoms with Gasteiger partial charge < -0.3 is 14.8 Å². The van der Waals surface area contributed by atoms with Crippen molar-refractivity contribution in [3.63, 3.8) is 0 Å². The minimum Gasteiger partial charge on any atom is -0.457 e. The van der Waals surface area contributed by atoms with Crippen molar-refractivity contribution in [1.29, 1.82) is 0 Å². The number of ketones is 1. The van der Waals surface area contributed by atoms with Gasteiger partial charge in [0.15, 0.2) is 5.71 Å². The number of hydrogen-bond acceptors (Lipinski definition) is 7. The number of aryl methyl sites for hydroxylation is 1. The number of allylic oxidation sites excluding steroid dienone is 7. The van der Waals surface area contributed by atoms with Crippen LogP contribution in [0.5, 0.6) is 5.75 Å². The highest BCUT2D eigenvalue weighted by atomic mass is 32.2. The maximum absolute atomic E-state index is 12.2. The number of fused-ring (bicyclic) bond motifs is 2. The number of carbonyl (C=O) groups excluding carboxylic acids is 1. The standard InChI is InChI=1S/C44H50N2O8S2/c1-29-14-22-38-36(27-29)43(3,4)40(45-38)24-15-31-12-10-13-32(42(31)54-33-17-19-34(20-18-33)55(48,49)50)16-25-41-44(5,6)37-28-35(56(51,52)53)21-23-39(37)46(41)26-9-7-8-11-30(2)47/h14-25,27-28H,7-13,26H2,1-6H3,(H2,48,49,50,51,52,53)/p+1. The van der Waals surface area contributed by atoms with E-state index in [0.717, 1.165) is 71.6 Å². The number of unbranched alkanes of at least 4 members (excludes halogenated alkanes) is 2. The van der Waals surface area contributed by atoms with Crippen molar-refractivity contribution in [2.45, 2.75) is 107 Å². The highest BCUT2D eigenvalue weighted by Gasteiger charge is 2.45. The Morgan fingerprint density at radius 2 is 1.52 bits per heavy atom. The summed E-state index contributed by atoms with van der Waals surface area (Å²) in [7, 11) is -8.81. The summed E-state index contributed by atoms with van der Waals surface area (Å²) in [4.78, 5) is 11.2. The van der Waals surface area contributed by atoms with E-state index >= 15 is 0 Å². The monoisotopic (exact) mass is 799 g/mol. The van der Waals surface area contributed by atoms with Gasteiger partial charge in [0.1, 0.15) is 23.8 Å². The summed E-state index contributed by atoms with van der Waals surface area (Å²) in [5, 5.41) is 3.60. The molecule has 2 aliphatic heterocycles. The van der Waals surface area contributed by atoms with Gasteiger partial charge >= 0.3 is 0 Å². The zero-order valence-corrected chi connectivity index (χ0v) is 34.5. The Morgan fingerprint density at radius 1 is 0.821 bits per heavy atom. The van der Waals surface area contributed by atoms with Crippen LogP contribution in [-0.4, -0.2) is 48.6 Å². The van der Waals surface area contributed by atoms with Gasteiger partial charge in [-0.3, -0.25) is 9.11 Å².